The molecular formula is C25H36N4O. The van der Waals surface area contributed by atoms with Gasteiger partial charge in [0.2, 0.25) is 0 Å². The van der Waals surface area contributed by atoms with E-state index in [1.807, 2.05) is 24.3 Å². The quantitative estimate of drug-likeness (QED) is 0.538. The van der Waals surface area contributed by atoms with Gasteiger partial charge in [0.15, 0.2) is 5.96 Å². The van der Waals surface area contributed by atoms with Crippen LogP contribution in [-0.4, -0.2) is 44.0 Å². The number of nitrogens with one attached hydrogen (secondary N) is 2. The summed E-state index contributed by atoms with van der Waals surface area (Å²) in [6.07, 6.45) is 0.941. The molecule has 0 radical (unpaired) electrons. The van der Waals surface area contributed by atoms with Crippen LogP contribution in [0.4, 0.5) is 0 Å². The molecule has 0 aromatic heterocycles. The number of amides is 1. The lowest BCUT2D eigenvalue weighted by atomic mass is 9.86. The molecule has 5 heteroatoms. The molecule has 0 aliphatic heterocycles. The summed E-state index contributed by atoms with van der Waals surface area (Å²) < 4.78 is 0. The largest absolute Gasteiger partial charge is 0.357 e. The molecule has 0 spiro atoms. The van der Waals surface area contributed by atoms with Gasteiger partial charge in [-0.25, -0.2) is 4.99 Å². The zero-order valence-corrected chi connectivity index (χ0v) is 19.2. The Bertz CT molecular complexity index is 831. The monoisotopic (exact) mass is 408 g/mol. The molecule has 0 heterocycles. The third kappa shape index (κ3) is 7.21. The van der Waals surface area contributed by atoms with E-state index in [0.29, 0.717) is 12.1 Å². The van der Waals surface area contributed by atoms with Crippen molar-refractivity contribution in [3.8, 4) is 0 Å². The fourth-order valence-corrected chi connectivity index (χ4v) is 3.02. The smallest absolute Gasteiger partial charge is 0.253 e. The van der Waals surface area contributed by atoms with Gasteiger partial charge in [-0.1, -0.05) is 57.2 Å². The van der Waals surface area contributed by atoms with Crippen LogP contribution < -0.4 is 10.6 Å². The molecule has 1 amide bonds. The van der Waals surface area contributed by atoms with E-state index in [-0.39, 0.29) is 11.3 Å². The molecular weight excluding hydrogens is 372 g/mol. The molecule has 2 aromatic carbocycles. The van der Waals surface area contributed by atoms with Gasteiger partial charge in [0.25, 0.3) is 5.91 Å². The van der Waals surface area contributed by atoms with Crippen molar-refractivity contribution < 1.29 is 4.79 Å². The number of benzene rings is 2. The Morgan fingerprint density at radius 2 is 1.53 bits per heavy atom. The van der Waals surface area contributed by atoms with Gasteiger partial charge >= 0.3 is 0 Å². The van der Waals surface area contributed by atoms with E-state index in [2.05, 4.69) is 67.6 Å². The zero-order valence-electron chi connectivity index (χ0n) is 19.2. The van der Waals surface area contributed by atoms with Gasteiger partial charge in [-0.3, -0.25) is 4.79 Å². The summed E-state index contributed by atoms with van der Waals surface area (Å²) in [6, 6.07) is 16.5. The second kappa shape index (κ2) is 10.8. The molecule has 5 nitrogen and oxygen atoms in total. The number of rotatable bonds is 7. The van der Waals surface area contributed by atoms with Crippen molar-refractivity contribution in [2.24, 2.45) is 4.99 Å². The van der Waals surface area contributed by atoms with Crippen molar-refractivity contribution in [3.05, 3.63) is 70.8 Å². The number of nitrogens with zero attached hydrogens (tertiary/aromatic N) is 2. The average molecular weight is 409 g/mol. The van der Waals surface area contributed by atoms with Gasteiger partial charge in [-0.15, -0.1) is 0 Å². The van der Waals surface area contributed by atoms with Crippen LogP contribution in [0.5, 0.6) is 0 Å². The number of carbonyl (C=O) groups is 1. The highest BCUT2D eigenvalue weighted by Crippen LogP contribution is 2.22. The van der Waals surface area contributed by atoms with Crippen molar-refractivity contribution in [2.75, 3.05) is 27.2 Å². The van der Waals surface area contributed by atoms with Crippen LogP contribution in [0.15, 0.2) is 53.5 Å². The lowest BCUT2D eigenvalue weighted by Crippen LogP contribution is -2.38. The number of guanidine groups is 1. The summed E-state index contributed by atoms with van der Waals surface area (Å²) in [7, 11) is 3.52. The number of aliphatic imine (C=N–C) groups is 1. The van der Waals surface area contributed by atoms with E-state index >= 15 is 0 Å². The second-order valence-corrected chi connectivity index (χ2v) is 8.72. The molecule has 0 saturated carbocycles. The van der Waals surface area contributed by atoms with Crippen LogP contribution in [0.3, 0.4) is 0 Å². The van der Waals surface area contributed by atoms with Crippen LogP contribution >= 0.6 is 0 Å². The van der Waals surface area contributed by atoms with Crippen LogP contribution in [0.2, 0.25) is 0 Å². The van der Waals surface area contributed by atoms with Crippen molar-refractivity contribution in [2.45, 2.75) is 46.1 Å². The first-order chi connectivity index (χ1) is 14.2. The summed E-state index contributed by atoms with van der Waals surface area (Å²) >= 11 is 0. The Hall–Kier alpha value is -2.82. The molecule has 0 saturated heterocycles. The molecule has 2 N–H and O–H groups in total. The summed E-state index contributed by atoms with van der Waals surface area (Å²) in [6.45, 7) is 10.9. The lowest BCUT2D eigenvalue weighted by molar-refractivity contribution is 0.0827. The molecule has 2 aromatic rings. The van der Waals surface area contributed by atoms with Crippen LogP contribution in [0.1, 0.15) is 54.7 Å². The van der Waals surface area contributed by atoms with E-state index < -0.39 is 0 Å². The van der Waals surface area contributed by atoms with Gasteiger partial charge in [-0.05, 0) is 47.6 Å². The summed E-state index contributed by atoms with van der Waals surface area (Å²) in [5.41, 5.74) is 4.61. The van der Waals surface area contributed by atoms with Crippen LogP contribution in [0.25, 0.3) is 0 Å². The van der Waals surface area contributed by atoms with Crippen LogP contribution in [0, 0.1) is 0 Å². The minimum Gasteiger partial charge on any atom is -0.357 e. The Kier molecular flexibility index (Phi) is 8.46. The summed E-state index contributed by atoms with van der Waals surface area (Å²) in [5.74, 6) is 0.813. The predicted octanol–water partition coefficient (Wildman–Crippen LogP) is 3.98. The summed E-state index contributed by atoms with van der Waals surface area (Å²) in [4.78, 5) is 18.2. The van der Waals surface area contributed by atoms with E-state index in [1.165, 1.54) is 11.1 Å². The highest BCUT2D eigenvalue weighted by Gasteiger charge is 2.12. The molecule has 0 bridgehead atoms. The zero-order chi connectivity index (χ0) is 22.1. The molecule has 0 unspecified atom stereocenters. The number of carbonyl (C=O) groups excluding carboxylic acids is 1. The van der Waals surface area contributed by atoms with E-state index in [1.54, 1.807) is 19.0 Å². The van der Waals surface area contributed by atoms with Gasteiger partial charge in [0, 0.05) is 32.7 Å². The van der Waals surface area contributed by atoms with Gasteiger partial charge in [-0.2, -0.15) is 0 Å². The lowest BCUT2D eigenvalue weighted by Gasteiger charge is -2.19. The molecule has 162 valence electrons. The maximum atomic E-state index is 12.0. The van der Waals surface area contributed by atoms with E-state index in [0.717, 1.165) is 31.0 Å². The Morgan fingerprint density at radius 1 is 0.933 bits per heavy atom. The Morgan fingerprint density at radius 3 is 2.07 bits per heavy atom. The normalized spacial score (nSPS) is 11.9. The minimum absolute atomic E-state index is 0.00980. The Balaban J connectivity index is 1.90. The SMILES string of the molecule is CCNC(=NCc1ccc(C(=O)N(C)C)cc1)NCCc1ccc(C(C)(C)C)cc1. The van der Waals surface area contributed by atoms with E-state index in [9.17, 15) is 4.79 Å². The van der Waals surface area contributed by atoms with Crippen molar-refractivity contribution in [1.29, 1.82) is 0 Å². The average Bonchev–Trinajstić information content (AvgIpc) is 2.71. The van der Waals surface area contributed by atoms with Gasteiger partial charge in [0.05, 0.1) is 6.54 Å². The fraction of sp³-hybridized carbons (Fsp3) is 0.440. The number of hydrogen-bond donors (Lipinski definition) is 2. The maximum absolute atomic E-state index is 12.0. The maximum Gasteiger partial charge on any atom is 0.253 e. The fourth-order valence-electron chi connectivity index (χ4n) is 3.02. The molecule has 0 aliphatic carbocycles. The van der Waals surface area contributed by atoms with E-state index in [4.69, 9.17) is 0 Å². The van der Waals surface area contributed by atoms with Crippen molar-refractivity contribution in [1.82, 2.24) is 15.5 Å². The first-order valence-electron chi connectivity index (χ1n) is 10.6. The van der Waals surface area contributed by atoms with Gasteiger partial charge < -0.3 is 15.5 Å². The number of hydrogen-bond acceptors (Lipinski definition) is 2. The molecule has 0 atom stereocenters. The highest BCUT2D eigenvalue weighted by atomic mass is 16.2. The molecule has 2 rings (SSSR count). The first-order valence-corrected chi connectivity index (χ1v) is 10.6. The van der Waals surface area contributed by atoms with Crippen molar-refractivity contribution >= 4 is 11.9 Å². The molecule has 30 heavy (non-hydrogen) atoms. The van der Waals surface area contributed by atoms with Crippen LogP contribution in [-0.2, 0) is 18.4 Å². The summed E-state index contributed by atoms with van der Waals surface area (Å²) in [5, 5.41) is 6.70. The standard InChI is InChI=1S/C25H36N4O/c1-7-26-24(27-17-16-19-10-14-22(15-11-19)25(2,3)4)28-18-20-8-12-21(13-9-20)23(30)29(5)6/h8-15H,7,16-18H2,1-6H3,(H2,26,27,28). The molecule has 0 aliphatic rings. The first kappa shape index (κ1) is 23.5. The second-order valence-electron chi connectivity index (χ2n) is 8.72. The van der Waals surface area contributed by atoms with Crippen molar-refractivity contribution in [3.63, 3.8) is 0 Å². The van der Waals surface area contributed by atoms with Gasteiger partial charge in [0.1, 0.15) is 0 Å². The Labute approximate surface area is 181 Å². The third-order valence-corrected chi connectivity index (χ3v) is 4.90. The third-order valence-electron chi connectivity index (χ3n) is 4.90. The topological polar surface area (TPSA) is 56.7 Å². The highest BCUT2D eigenvalue weighted by molar-refractivity contribution is 5.93. The predicted molar refractivity (Wildman–Crippen MR) is 126 cm³/mol. The minimum atomic E-state index is 0.00980. The molecule has 0 fully saturated rings.